The second-order valence-electron chi connectivity index (χ2n) is 5.70. The Labute approximate surface area is 127 Å². The molecular formula is C19H23NO. The number of benzene rings is 2. The monoisotopic (exact) mass is 281 g/mol. The van der Waals surface area contributed by atoms with Gasteiger partial charge in [0.1, 0.15) is 5.75 Å². The van der Waals surface area contributed by atoms with Gasteiger partial charge in [-0.2, -0.15) is 0 Å². The summed E-state index contributed by atoms with van der Waals surface area (Å²) in [5.41, 5.74) is 4.33. The molecule has 0 bridgehead atoms. The summed E-state index contributed by atoms with van der Waals surface area (Å²) in [6, 6.07) is 17.7. The lowest BCUT2D eigenvalue weighted by atomic mass is 9.90. The average Bonchev–Trinajstić information content (AvgIpc) is 2.55. The second-order valence-corrected chi connectivity index (χ2v) is 5.70. The predicted octanol–water partition coefficient (Wildman–Crippen LogP) is 3.90. The second kappa shape index (κ2) is 6.77. The first-order valence-corrected chi connectivity index (χ1v) is 7.81. The molecular weight excluding hydrogens is 258 g/mol. The van der Waals surface area contributed by atoms with Crippen LogP contribution in [0.5, 0.6) is 5.75 Å². The van der Waals surface area contributed by atoms with Crippen LogP contribution in [0.25, 0.3) is 0 Å². The van der Waals surface area contributed by atoms with Crippen molar-refractivity contribution in [1.29, 1.82) is 0 Å². The molecule has 0 saturated heterocycles. The summed E-state index contributed by atoms with van der Waals surface area (Å²) in [6.07, 6.45) is 4.65. The Balaban J connectivity index is 1.64. The van der Waals surface area contributed by atoms with Crippen LogP contribution in [0.3, 0.4) is 0 Å². The molecule has 0 fully saturated rings. The van der Waals surface area contributed by atoms with E-state index in [4.69, 9.17) is 4.74 Å². The van der Waals surface area contributed by atoms with E-state index in [0.717, 1.165) is 25.1 Å². The molecule has 1 N–H and O–H groups in total. The number of ether oxygens (including phenoxy) is 1. The van der Waals surface area contributed by atoms with Gasteiger partial charge in [0, 0.05) is 6.04 Å². The lowest BCUT2D eigenvalue weighted by Crippen LogP contribution is -2.29. The fourth-order valence-corrected chi connectivity index (χ4v) is 3.16. The zero-order valence-corrected chi connectivity index (χ0v) is 12.6. The topological polar surface area (TPSA) is 21.3 Å². The molecule has 0 radical (unpaired) electrons. The lowest BCUT2D eigenvalue weighted by molar-refractivity contribution is 0.409. The van der Waals surface area contributed by atoms with Crippen molar-refractivity contribution in [3.05, 3.63) is 65.2 Å². The van der Waals surface area contributed by atoms with Crippen LogP contribution in [0.4, 0.5) is 0 Å². The van der Waals surface area contributed by atoms with Gasteiger partial charge in [-0.3, -0.25) is 0 Å². The minimum atomic E-state index is 0.465. The van der Waals surface area contributed by atoms with Crippen molar-refractivity contribution >= 4 is 0 Å². The molecule has 21 heavy (non-hydrogen) atoms. The summed E-state index contributed by atoms with van der Waals surface area (Å²) < 4.78 is 5.37. The molecule has 2 nitrogen and oxygen atoms in total. The number of nitrogens with one attached hydrogen (secondary N) is 1. The van der Waals surface area contributed by atoms with Crippen LogP contribution >= 0.6 is 0 Å². The zero-order chi connectivity index (χ0) is 14.5. The van der Waals surface area contributed by atoms with Gasteiger partial charge in [-0.05, 0) is 61.1 Å². The van der Waals surface area contributed by atoms with Crippen LogP contribution in [0, 0.1) is 0 Å². The molecule has 0 spiro atoms. The Hall–Kier alpha value is -1.80. The maximum Gasteiger partial charge on any atom is 0.119 e. The Bertz CT molecular complexity index is 579. The summed E-state index contributed by atoms with van der Waals surface area (Å²) in [6.45, 7) is 1.08. The average molecular weight is 281 g/mol. The van der Waals surface area contributed by atoms with Crippen molar-refractivity contribution in [1.82, 2.24) is 5.32 Å². The first kappa shape index (κ1) is 14.2. The van der Waals surface area contributed by atoms with Gasteiger partial charge in [-0.25, -0.2) is 0 Å². The maximum absolute atomic E-state index is 5.37. The number of fused-ring (bicyclic) bond motifs is 1. The molecule has 3 rings (SSSR count). The van der Waals surface area contributed by atoms with Crippen molar-refractivity contribution in [2.24, 2.45) is 0 Å². The van der Waals surface area contributed by atoms with Crippen molar-refractivity contribution in [3.63, 3.8) is 0 Å². The molecule has 1 aliphatic heterocycles. The predicted molar refractivity (Wildman–Crippen MR) is 86.8 cm³/mol. The highest BCUT2D eigenvalue weighted by molar-refractivity contribution is 5.39. The molecule has 0 aliphatic carbocycles. The third-order valence-corrected chi connectivity index (χ3v) is 4.31. The minimum absolute atomic E-state index is 0.465. The highest BCUT2D eigenvalue weighted by Gasteiger charge is 2.19. The van der Waals surface area contributed by atoms with Crippen LogP contribution in [-0.2, 0) is 12.8 Å². The van der Waals surface area contributed by atoms with E-state index in [1.165, 1.54) is 29.5 Å². The summed E-state index contributed by atoms with van der Waals surface area (Å²) in [4.78, 5) is 0. The van der Waals surface area contributed by atoms with E-state index in [2.05, 4.69) is 53.8 Å². The Morgan fingerprint density at radius 3 is 2.81 bits per heavy atom. The van der Waals surface area contributed by atoms with Gasteiger partial charge in [-0.15, -0.1) is 0 Å². The number of aryl methyl sites for hydroxylation is 1. The van der Waals surface area contributed by atoms with E-state index in [1.807, 2.05) is 0 Å². The number of hydrogen-bond acceptors (Lipinski definition) is 2. The van der Waals surface area contributed by atoms with Crippen LogP contribution in [0.1, 0.15) is 35.6 Å². The lowest BCUT2D eigenvalue weighted by Gasteiger charge is -2.27. The molecule has 0 saturated carbocycles. The first-order chi connectivity index (χ1) is 10.4. The maximum atomic E-state index is 5.37. The van der Waals surface area contributed by atoms with Gasteiger partial charge in [0.2, 0.25) is 0 Å². The Morgan fingerprint density at radius 2 is 2.00 bits per heavy atom. The zero-order valence-electron chi connectivity index (χ0n) is 12.6. The SMILES string of the molecule is COc1ccc2c(c1)C(CCCc1ccccc1)NCC2. The summed E-state index contributed by atoms with van der Waals surface area (Å²) >= 11 is 0. The standard InChI is InChI=1S/C19H23NO/c1-21-17-11-10-16-12-13-20-19(18(16)14-17)9-5-8-15-6-3-2-4-7-15/h2-4,6-7,10-11,14,19-20H,5,8-9,12-13H2,1H3. The van der Waals surface area contributed by atoms with Gasteiger partial charge in [-0.1, -0.05) is 36.4 Å². The molecule has 2 heteroatoms. The van der Waals surface area contributed by atoms with Gasteiger partial charge in [0.05, 0.1) is 7.11 Å². The van der Waals surface area contributed by atoms with Crippen molar-refractivity contribution in [2.45, 2.75) is 31.7 Å². The fraction of sp³-hybridized carbons (Fsp3) is 0.368. The molecule has 110 valence electrons. The van der Waals surface area contributed by atoms with Gasteiger partial charge in [0.15, 0.2) is 0 Å². The third-order valence-electron chi connectivity index (χ3n) is 4.31. The van der Waals surface area contributed by atoms with E-state index in [9.17, 15) is 0 Å². The van der Waals surface area contributed by atoms with Crippen LogP contribution in [0.2, 0.25) is 0 Å². The van der Waals surface area contributed by atoms with Crippen LogP contribution in [-0.4, -0.2) is 13.7 Å². The number of rotatable bonds is 5. The Morgan fingerprint density at radius 1 is 1.14 bits per heavy atom. The highest BCUT2D eigenvalue weighted by atomic mass is 16.5. The molecule has 1 heterocycles. The molecule has 1 atom stereocenters. The minimum Gasteiger partial charge on any atom is -0.497 e. The number of hydrogen-bond donors (Lipinski definition) is 1. The van der Waals surface area contributed by atoms with Crippen molar-refractivity contribution < 1.29 is 4.74 Å². The smallest absolute Gasteiger partial charge is 0.119 e. The van der Waals surface area contributed by atoms with E-state index in [1.54, 1.807) is 7.11 Å². The first-order valence-electron chi connectivity index (χ1n) is 7.81. The quantitative estimate of drug-likeness (QED) is 0.897. The van der Waals surface area contributed by atoms with Gasteiger partial charge in [0.25, 0.3) is 0 Å². The van der Waals surface area contributed by atoms with Crippen molar-refractivity contribution in [2.75, 3.05) is 13.7 Å². The molecule has 2 aromatic carbocycles. The summed E-state index contributed by atoms with van der Waals surface area (Å²) in [7, 11) is 1.74. The van der Waals surface area contributed by atoms with Crippen molar-refractivity contribution in [3.8, 4) is 5.75 Å². The molecule has 0 aromatic heterocycles. The molecule has 1 unspecified atom stereocenters. The van der Waals surface area contributed by atoms with Crippen LogP contribution < -0.4 is 10.1 Å². The molecule has 1 aliphatic rings. The van der Waals surface area contributed by atoms with E-state index in [0.29, 0.717) is 6.04 Å². The third kappa shape index (κ3) is 3.45. The summed E-state index contributed by atoms with van der Waals surface area (Å²) in [5, 5.41) is 3.66. The van der Waals surface area contributed by atoms with E-state index < -0.39 is 0 Å². The van der Waals surface area contributed by atoms with E-state index >= 15 is 0 Å². The Kier molecular flexibility index (Phi) is 4.56. The fourth-order valence-electron chi connectivity index (χ4n) is 3.16. The van der Waals surface area contributed by atoms with E-state index in [-0.39, 0.29) is 0 Å². The molecule has 2 aromatic rings. The highest BCUT2D eigenvalue weighted by Crippen LogP contribution is 2.30. The van der Waals surface area contributed by atoms with Gasteiger partial charge < -0.3 is 10.1 Å². The molecule has 0 amide bonds. The normalized spacial score (nSPS) is 17.3. The summed E-state index contributed by atoms with van der Waals surface area (Å²) in [5.74, 6) is 0.963. The number of methoxy groups -OCH3 is 1. The van der Waals surface area contributed by atoms with Crippen LogP contribution in [0.15, 0.2) is 48.5 Å². The largest absolute Gasteiger partial charge is 0.497 e. The van der Waals surface area contributed by atoms with Gasteiger partial charge >= 0.3 is 0 Å².